The van der Waals surface area contributed by atoms with Gasteiger partial charge in [0.25, 0.3) is 10.0 Å². The fraction of sp³-hybridized carbons (Fsp3) is 0.545. The minimum absolute atomic E-state index is 0.0895. The number of hydrogen-bond acceptors (Lipinski definition) is 6. The average molecular weight is 321 g/mol. The van der Waals surface area contributed by atoms with Gasteiger partial charge in [-0.05, 0) is 18.7 Å². The molecule has 7 nitrogen and oxygen atoms in total. The van der Waals surface area contributed by atoms with Gasteiger partial charge in [-0.3, -0.25) is 0 Å². The zero-order valence-corrected chi connectivity index (χ0v) is 13.3. The molecule has 0 bridgehead atoms. The van der Waals surface area contributed by atoms with E-state index in [4.69, 9.17) is 0 Å². The Morgan fingerprint density at radius 2 is 1.90 bits per heavy atom. The van der Waals surface area contributed by atoms with Crippen LogP contribution in [0.25, 0.3) is 0 Å². The third kappa shape index (κ3) is 4.82. The van der Waals surface area contributed by atoms with E-state index in [0.29, 0.717) is 6.54 Å². The molecule has 0 saturated carbocycles. The van der Waals surface area contributed by atoms with Crippen LogP contribution in [-0.2, 0) is 26.4 Å². The number of hydrogen-bond donors (Lipinski definition) is 1. The van der Waals surface area contributed by atoms with Crippen molar-refractivity contribution in [2.75, 3.05) is 32.6 Å². The molecule has 0 amide bonds. The smallest absolute Gasteiger partial charge is 0.260 e. The Kier molecular flexibility index (Phi) is 5.63. The second kappa shape index (κ2) is 6.61. The molecular formula is C11H19N3O4S2. The zero-order chi connectivity index (χ0) is 15.4. The van der Waals surface area contributed by atoms with Gasteiger partial charge in [-0.25, -0.2) is 21.8 Å². The van der Waals surface area contributed by atoms with E-state index in [0.717, 1.165) is 16.1 Å². The van der Waals surface area contributed by atoms with E-state index < -0.39 is 19.9 Å². The summed E-state index contributed by atoms with van der Waals surface area (Å²) in [5, 5.41) is 2.85. The van der Waals surface area contributed by atoms with Gasteiger partial charge < -0.3 is 5.32 Å². The number of nitrogens with one attached hydrogen (secondary N) is 1. The molecule has 0 spiro atoms. The first-order valence-electron chi connectivity index (χ1n) is 5.90. The number of aromatic nitrogens is 1. The number of pyridine rings is 1. The second-order valence-electron chi connectivity index (χ2n) is 4.49. The van der Waals surface area contributed by atoms with Crippen molar-refractivity contribution < 1.29 is 16.8 Å². The first kappa shape index (κ1) is 17.0. The Hall–Kier alpha value is -1.03. The number of sulfonamides is 1. The Balaban J connectivity index is 2.87. The van der Waals surface area contributed by atoms with Gasteiger partial charge in [0.2, 0.25) is 0 Å². The van der Waals surface area contributed by atoms with Crippen molar-refractivity contribution >= 4 is 19.9 Å². The van der Waals surface area contributed by atoms with Crippen LogP contribution in [0.5, 0.6) is 0 Å². The molecule has 20 heavy (non-hydrogen) atoms. The van der Waals surface area contributed by atoms with E-state index in [-0.39, 0.29) is 17.3 Å². The average Bonchev–Trinajstić information content (AvgIpc) is 2.36. The molecule has 0 aliphatic rings. The van der Waals surface area contributed by atoms with Gasteiger partial charge in [-0.15, -0.1) is 0 Å². The number of nitrogens with zero attached hydrogens (tertiary/aromatic N) is 2. The van der Waals surface area contributed by atoms with Gasteiger partial charge >= 0.3 is 0 Å². The molecular weight excluding hydrogens is 302 g/mol. The highest BCUT2D eigenvalue weighted by molar-refractivity contribution is 7.91. The van der Waals surface area contributed by atoms with Gasteiger partial charge in [0.1, 0.15) is 9.84 Å². The monoisotopic (exact) mass is 321 g/mol. The largest absolute Gasteiger partial charge is 0.316 e. The van der Waals surface area contributed by atoms with Gasteiger partial charge in [0.05, 0.1) is 5.75 Å². The lowest BCUT2D eigenvalue weighted by Crippen LogP contribution is -2.32. The summed E-state index contributed by atoms with van der Waals surface area (Å²) >= 11 is 0. The molecule has 9 heteroatoms. The minimum Gasteiger partial charge on any atom is -0.316 e. The summed E-state index contributed by atoms with van der Waals surface area (Å²) in [5.41, 5.74) is 0.866. The van der Waals surface area contributed by atoms with Crippen LogP contribution in [0, 0.1) is 0 Å². The van der Waals surface area contributed by atoms with Crippen LogP contribution in [-0.4, -0.2) is 58.8 Å². The molecule has 1 aromatic heterocycles. The maximum absolute atomic E-state index is 12.2. The number of sulfone groups is 1. The highest BCUT2D eigenvalue weighted by atomic mass is 32.2. The van der Waals surface area contributed by atoms with E-state index in [1.807, 2.05) is 0 Å². The summed E-state index contributed by atoms with van der Waals surface area (Å²) in [6, 6.07) is 3.08. The highest BCUT2D eigenvalue weighted by Crippen LogP contribution is 2.12. The Labute approximate surface area is 120 Å². The van der Waals surface area contributed by atoms with Gasteiger partial charge in [-0.1, -0.05) is 6.07 Å². The normalized spacial score (nSPS) is 12.8. The van der Waals surface area contributed by atoms with Crippen LogP contribution in [0.3, 0.4) is 0 Å². The lowest BCUT2D eigenvalue weighted by atomic mass is 10.3. The molecule has 0 unspecified atom stereocenters. The van der Waals surface area contributed by atoms with Gasteiger partial charge in [-0.2, -0.15) is 4.31 Å². The topological polar surface area (TPSA) is 96.4 Å². The van der Waals surface area contributed by atoms with Crippen molar-refractivity contribution in [1.29, 1.82) is 0 Å². The third-order valence-electron chi connectivity index (χ3n) is 2.63. The summed E-state index contributed by atoms with van der Waals surface area (Å²) in [6.45, 7) is 0.498. The highest BCUT2D eigenvalue weighted by Gasteiger charge is 2.22. The van der Waals surface area contributed by atoms with Gasteiger partial charge in [0, 0.05) is 32.6 Å². The van der Waals surface area contributed by atoms with Crippen molar-refractivity contribution in [1.82, 2.24) is 14.6 Å². The third-order valence-corrected chi connectivity index (χ3v) is 5.33. The second-order valence-corrected chi connectivity index (χ2v) is 8.74. The van der Waals surface area contributed by atoms with Gasteiger partial charge in [0.15, 0.2) is 5.03 Å². The molecule has 0 radical (unpaired) electrons. The van der Waals surface area contributed by atoms with Crippen LogP contribution in [0.1, 0.15) is 5.56 Å². The number of rotatable bonds is 7. The Bertz CT molecular complexity index is 639. The molecule has 1 rings (SSSR count). The van der Waals surface area contributed by atoms with Crippen LogP contribution >= 0.6 is 0 Å². The summed E-state index contributed by atoms with van der Waals surface area (Å²) < 4.78 is 47.5. The predicted molar refractivity (Wildman–Crippen MR) is 76.5 cm³/mol. The quantitative estimate of drug-likeness (QED) is 0.725. The summed E-state index contributed by atoms with van der Waals surface area (Å²) in [5.74, 6) is -0.222. The van der Waals surface area contributed by atoms with E-state index in [2.05, 4.69) is 10.3 Å². The van der Waals surface area contributed by atoms with E-state index in [9.17, 15) is 16.8 Å². The Morgan fingerprint density at radius 3 is 2.35 bits per heavy atom. The minimum atomic E-state index is -3.76. The summed E-state index contributed by atoms with van der Waals surface area (Å²) in [7, 11) is -3.85. The van der Waals surface area contributed by atoms with E-state index in [1.54, 1.807) is 13.1 Å². The predicted octanol–water partition coefficient (Wildman–Crippen LogP) is -0.534. The standard InChI is InChI=1S/C11H19N3O4S2/c1-12-8-10-4-5-11(13-9-10)20(17,18)14(2)6-7-19(3,15)16/h4-5,9,12H,6-8H2,1-3H3. The van der Waals surface area contributed by atoms with Crippen molar-refractivity contribution in [2.24, 2.45) is 0 Å². The molecule has 1 aromatic rings. The lowest BCUT2D eigenvalue weighted by Gasteiger charge is -2.16. The maximum atomic E-state index is 12.2. The molecule has 0 aromatic carbocycles. The van der Waals surface area contributed by atoms with Crippen molar-refractivity contribution in [3.63, 3.8) is 0 Å². The van der Waals surface area contributed by atoms with Crippen LogP contribution in [0.4, 0.5) is 0 Å². The van der Waals surface area contributed by atoms with E-state index in [1.165, 1.54) is 19.3 Å². The summed E-state index contributed by atoms with van der Waals surface area (Å²) in [6.07, 6.45) is 2.55. The van der Waals surface area contributed by atoms with Crippen molar-refractivity contribution in [3.05, 3.63) is 23.9 Å². The molecule has 114 valence electrons. The molecule has 0 saturated heterocycles. The van der Waals surface area contributed by atoms with Crippen molar-refractivity contribution in [3.8, 4) is 0 Å². The molecule has 0 aliphatic carbocycles. The van der Waals surface area contributed by atoms with Crippen LogP contribution < -0.4 is 5.32 Å². The molecule has 0 atom stereocenters. The van der Waals surface area contributed by atoms with E-state index >= 15 is 0 Å². The summed E-state index contributed by atoms with van der Waals surface area (Å²) in [4.78, 5) is 3.92. The maximum Gasteiger partial charge on any atom is 0.260 e. The fourth-order valence-corrected chi connectivity index (χ4v) is 3.24. The van der Waals surface area contributed by atoms with Crippen molar-refractivity contribution in [2.45, 2.75) is 11.6 Å². The Morgan fingerprint density at radius 1 is 1.25 bits per heavy atom. The fourth-order valence-electron chi connectivity index (χ4n) is 1.45. The molecule has 1 N–H and O–H groups in total. The van der Waals surface area contributed by atoms with Crippen LogP contribution in [0.15, 0.2) is 23.4 Å². The first-order chi connectivity index (χ1) is 9.16. The molecule has 1 heterocycles. The SMILES string of the molecule is CNCc1ccc(S(=O)(=O)N(C)CCS(C)(=O)=O)nc1. The zero-order valence-electron chi connectivity index (χ0n) is 11.7. The molecule has 0 fully saturated rings. The first-order valence-corrected chi connectivity index (χ1v) is 9.40. The van der Waals surface area contributed by atoms with Crippen LogP contribution in [0.2, 0.25) is 0 Å². The molecule has 0 aliphatic heterocycles. The lowest BCUT2D eigenvalue weighted by molar-refractivity contribution is 0.481.